The number of amides is 3. The molecule has 1 aromatic carbocycles. The van der Waals surface area contributed by atoms with Crippen LogP contribution in [0.5, 0.6) is 0 Å². The van der Waals surface area contributed by atoms with E-state index in [1.807, 2.05) is 4.90 Å². The monoisotopic (exact) mass is 542 g/mol. The predicted molar refractivity (Wildman–Crippen MR) is 144 cm³/mol. The van der Waals surface area contributed by atoms with Crippen LogP contribution in [0.25, 0.3) is 0 Å². The summed E-state index contributed by atoms with van der Waals surface area (Å²) in [5.74, 6) is -0.684. The second kappa shape index (κ2) is 10.9. The summed E-state index contributed by atoms with van der Waals surface area (Å²) in [6.07, 6.45) is -1.83. The normalized spacial score (nSPS) is 19.0. The van der Waals surface area contributed by atoms with Gasteiger partial charge in [-0.05, 0) is 57.5 Å². The average Bonchev–Trinajstić information content (AvgIpc) is 2.67. The van der Waals surface area contributed by atoms with Gasteiger partial charge in [0.2, 0.25) is 5.91 Å². The van der Waals surface area contributed by atoms with Crippen molar-refractivity contribution in [2.75, 3.05) is 23.3 Å². The molecule has 0 spiro atoms. The lowest BCUT2D eigenvalue weighted by Crippen LogP contribution is -2.59. The molecule has 0 bridgehead atoms. The van der Waals surface area contributed by atoms with Crippen molar-refractivity contribution in [2.45, 2.75) is 83.8 Å². The van der Waals surface area contributed by atoms with E-state index in [0.717, 1.165) is 0 Å². The highest BCUT2D eigenvalue weighted by atomic mass is 35.5. The van der Waals surface area contributed by atoms with Crippen LogP contribution < -0.4 is 21.3 Å². The molecule has 2 rings (SSSR count). The van der Waals surface area contributed by atoms with Crippen LogP contribution in [0.3, 0.4) is 0 Å². The molecular formula is C24H39ClN4O6Si. The molecule has 0 unspecified atom stereocenters. The molecule has 1 heterocycles. The first-order chi connectivity index (χ1) is 16.3. The van der Waals surface area contributed by atoms with Gasteiger partial charge in [-0.3, -0.25) is 10.1 Å². The van der Waals surface area contributed by atoms with Crippen LogP contribution in [0.4, 0.5) is 21.0 Å². The maximum absolute atomic E-state index is 12.4. The Bertz CT molecular complexity index is 1010. The van der Waals surface area contributed by atoms with Crippen molar-refractivity contribution in [3.05, 3.63) is 22.7 Å². The Morgan fingerprint density at radius 1 is 1.17 bits per heavy atom. The maximum Gasteiger partial charge on any atom is 0.412 e. The lowest BCUT2D eigenvalue weighted by atomic mass is 10.0. The molecule has 1 aromatic rings. The van der Waals surface area contributed by atoms with Crippen LogP contribution in [-0.4, -0.2) is 62.4 Å². The summed E-state index contributed by atoms with van der Waals surface area (Å²) < 4.78 is 11.9. The van der Waals surface area contributed by atoms with Crippen LogP contribution in [0.2, 0.25) is 23.2 Å². The Hall–Kier alpha value is -2.50. The smallest absolute Gasteiger partial charge is 0.412 e. The molecule has 36 heavy (non-hydrogen) atoms. The van der Waals surface area contributed by atoms with Gasteiger partial charge in [-0.15, -0.1) is 0 Å². The number of nitrogens with zero attached hydrogens (tertiary/aromatic N) is 1. The van der Waals surface area contributed by atoms with Gasteiger partial charge in [-0.25, -0.2) is 9.59 Å². The number of ether oxygens (including phenoxy) is 1. The molecule has 0 radical (unpaired) electrons. The van der Waals surface area contributed by atoms with Crippen LogP contribution >= 0.6 is 11.6 Å². The first kappa shape index (κ1) is 29.7. The van der Waals surface area contributed by atoms with E-state index in [1.54, 1.807) is 26.8 Å². The number of nitrogens with one attached hydrogen (secondary N) is 2. The van der Waals surface area contributed by atoms with E-state index < -0.39 is 44.2 Å². The second-order valence-corrected chi connectivity index (χ2v) is 16.7. The first-order valence-electron chi connectivity index (χ1n) is 11.9. The molecule has 5 N–H and O–H groups in total. The van der Waals surface area contributed by atoms with Crippen molar-refractivity contribution < 1.29 is 28.7 Å². The fraction of sp³-hybridized carbons (Fsp3) is 0.625. The average molecular weight is 543 g/mol. The van der Waals surface area contributed by atoms with Crippen LogP contribution in [0.1, 0.15) is 58.3 Å². The standard InChI is InChI=1S/C24H39ClN4O6Si/c1-23(2,3)34-22(33)28-16-11-14(20(26)30)12-17(19(16)25)29-10-9-15(27-21(31)32)18(13-29)35-36(7,8)24(4,5)6/h11-12,15,18,27H,9-10,13H2,1-8H3,(H2,26,30)(H,28,33)(H,31,32)/t15-,18+/m0/s1. The van der Waals surface area contributed by atoms with E-state index in [0.29, 0.717) is 25.2 Å². The molecule has 202 valence electrons. The number of hydrogen-bond donors (Lipinski definition) is 4. The van der Waals surface area contributed by atoms with E-state index in [-0.39, 0.29) is 21.3 Å². The van der Waals surface area contributed by atoms with Crippen molar-refractivity contribution in [1.29, 1.82) is 0 Å². The molecule has 1 saturated heterocycles. The summed E-state index contributed by atoms with van der Waals surface area (Å²) >= 11 is 6.70. The van der Waals surface area contributed by atoms with E-state index in [4.69, 9.17) is 26.5 Å². The Kier molecular flexibility index (Phi) is 8.96. The molecule has 1 aliphatic rings. The van der Waals surface area contributed by atoms with Crippen molar-refractivity contribution in [3.63, 3.8) is 0 Å². The number of primary amides is 1. The van der Waals surface area contributed by atoms with Gasteiger partial charge in [0.05, 0.1) is 28.5 Å². The molecule has 3 amide bonds. The van der Waals surface area contributed by atoms with E-state index >= 15 is 0 Å². The molecule has 1 aliphatic heterocycles. The second-order valence-electron chi connectivity index (χ2n) is 11.6. The Labute approximate surface area is 219 Å². The maximum atomic E-state index is 12.4. The van der Waals surface area contributed by atoms with Crippen molar-refractivity contribution in [1.82, 2.24) is 5.32 Å². The number of nitrogens with two attached hydrogens (primary N) is 1. The molecule has 0 saturated carbocycles. The molecule has 0 aromatic heterocycles. The van der Waals surface area contributed by atoms with Gasteiger partial charge < -0.3 is 30.2 Å². The van der Waals surface area contributed by atoms with Crippen molar-refractivity contribution in [3.8, 4) is 0 Å². The highest BCUT2D eigenvalue weighted by Gasteiger charge is 2.43. The third-order valence-electron chi connectivity index (χ3n) is 6.43. The lowest BCUT2D eigenvalue weighted by Gasteiger charge is -2.46. The summed E-state index contributed by atoms with van der Waals surface area (Å²) in [5, 5.41) is 14.7. The van der Waals surface area contributed by atoms with Crippen LogP contribution in [-0.2, 0) is 9.16 Å². The summed E-state index contributed by atoms with van der Waals surface area (Å²) in [5.41, 5.74) is 5.66. The summed E-state index contributed by atoms with van der Waals surface area (Å²) in [6.45, 7) is 16.5. The lowest BCUT2D eigenvalue weighted by molar-refractivity contribution is 0.0635. The number of piperidine rings is 1. The molecule has 10 nitrogen and oxygen atoms in total. The number of carbonyl (C=O) groups is 3. The quantitative estimate of drug-likeness (QED) is 0.369. The zero-order valence-corrected chi connectivity index (χ0v) is 24.1. The number of carbonyl (C=O) groups excluding carboxylic acids is 2. The number of rotatable bonds is 6. The first-order valence-corrected chi connectivity index (χ1v) is 15.1. The SMILES string of the molecule is CC(C)(C)OC(=O)Nc1cc(C(N)=O)cc(N2CC[C@H](NC(=O)O)[C@H](O[Si](C)(C)C(C)(C)C)C2)c1Cl. The summed E-state index contributed by atoms with van der Waals surface area (Å²) in [7, 11) is -2.25. The molecule has 0 aliphatic carbocycles. The zero-order valence-electron chi connectivity index (χ0n) is 22.3. The minimum atomic E-state index is -2.25. The van der Waals surface area contributed by atoms with Gasteiger partial charge in [-0.1, -0.05) is 32.4 Å². The van der Waals surface area contributed by atoms with Gasteiger partial charge in [-0.2, -0.15) is 0 Å². The van der Waals surface area contributed by atoms with Crippen molar-refractivity contribution >= 4 is 49.4 Å². The zero-order chi connectivity index (χ0) is 27.6. The topological polar surface area (TPSA) is 143 Å². The van der Waals surface area contributed by atoms with Crippen LogP contribution in [0.15, 0.2) is 12.1 Å². The largest absolute Gasteiger partial charge is 0.465 e. The Morgan fingerprint density at radius 3 is 2.28 bits per heavy atom. The minimum Gasteiger partial charge on any atom is -0.465 e. The highest BCUT2D eigenvalue weighted by molar-refractivity contribution is 6.74. The summed E-state index contributed by atoms with van der Waals surface area (Å²) in [6, 6.07) is 2.56. The van der Waals surface area contributed by atoms with Gasteiger partial charge in [0.15, 0.2) is 8.32 Å². The molecule has 12 heteroatoms. The number of benzene rings is 1. The highest BCUT2D eigenvalue weighted by Crippen LogP contribution is 2.40. The van der Waals surface area contributed by atoms with Gasteiger partial charge in [0, 0.05) is 18.7 Å². The van der Waals surface area contributed by atoms with Gasteiger partial charge >= 0.3 is 12.2 Å². The third-order valence-corrected chi connectivity index (χ3v) is 11.3. The molecule has 1 fully saturated rings. The van der Waals surface area contributed by atoms with Crippen molar-refractivity contribution in [2.24, 2.45) is 5.73 Å². The number of anilines is 2. The van der Waals surface area contributed by atoms with E-state index in [1.165, 1.54) is 6.07 Å². The predicted octanol–water partition coefficient (Wildman–Crippen LogP) is 5.02. The molecular weight excluding hydrogens is 504 g/mol. The molecule has 2 atom stereocenters. The van der Waals surface area contributed by atoms with Crippen LogP contribution in [0, 0.1) is 0 Å². The fourth-order valence-electron chi connectivity index (χ4n) is 3.62. The Morgan fingerprint density at radius 2 is 1.78 bits per heavy atom. The Balaban J connectivity index is 2.44. The number of halogens is 1. The minimum absolute atomic E-state index is 0.0862. The fourth-order valence-corrected chi connectivity index (χ4v) is 5.24. The van der Waals surface area contributed by atoms with Gasteiger partial charge in [0.1, 0.15) is 5.60 Å². The number of carboxylic acid groups (broad SMARTS) is 1. The van der Waals surface area contributed by atoms with E-state index in [9.17, 15) is 19.5 Å². The summed E-state index contributed by atoms with van der Waals surface area (Å²) in [4.78, 5) is 37.8. The number of hydrogen-bond acceptors (Lipinski definition) is 6. The third kappa shape index (κ3) is 7.75. The van der Waals surface area contributed by atoms with Gasteiger partial charge in [0.25, 0.3) is 0 Å². The van der Waals surface area contributed by atoms with E-state index in [2.05, 4.69) is 44.5 Å².